The molecule has 68 heavy (non-hydrogen) atoms. The van der Waals surface area contributed by atoms with Gasteiger partial charge in [0.15, 0.2) is 36.6 Å². The van der Waals surface area contributed by atoms with Crippen molar-refractivity contribution in [1.82, 2.24) is 0 Å². The lowest BCUT2D eigenvalue weighted by Crippen LogP contribution is -2.44. The zero-order chi connectivity index (χ0) is 47.9. The number of benzene rings is 2. The molecule has 0 bridgehead atoms. The minimum Gasteiger partial charge on any atom is -0.490 e. The maximum atomic E-state index is 11.2. The molecule has 0 aliphatic carbocycles. The van der Waals surface area contributed by atoms with E-state index >= 15 is 0 Å². The zero-order valence-electron chi connectivity index (χ0n) is 37.2. The molecule has 2 aromatic carbocycles. The van der Waals surface area contributed by atoms with E-state index in [4.69, 9.17) is 85.3 Å². The highest BCUT2D eigenvalue weighted by Crippen LogP contribution is 2.34. The van der Waals surface area contributed by atoms with Crippen LogP contribution in [0, 0.1) is 5.41 Å². The van der Waals surface area contributed by atoms with E-state index in [0.717, 1.165) is 11.1 Å². The van der Waals surface area contributed by atoms with Crippen LogP contribution in [0.2, 0.25) is 0 Å². The van der Waals surface area contributed by atoms with Gasteiger partial charge >= 0.3 is 36.9 Å². The summed E-state index contributed by atoms with van der Waals surface area (Å²) in [6.07, 6.45) is -7.46. The Kier molecular flexibility index (Phi) is 17.1. The van der Waals surface area contributed by atoms with Crippen molar-refractivity contribution in [3.05, 3.63) is 59.7 Å². The van der Waals surface area contributed by atoms with Gasteiger partial charge in [0.05, 0.1) is 58.3 Å². The third-order valence-electron chi connectivity index (χ3n) is 10.8. The molecule has 0 saturated carbocycles. The summed E-state index contributed by atoms with van der Waals surface area (Å²) in [6, 6.07) is 15.7. The first kappa shape index (κ1) is 49.4. The molecule has 6 aliphatic heterocycles. The van der Waals surface area contributed by atoms with E-state index in [-0.39, 0.29) is 123 Å². The van der Waals surface area contributed by atoms with Gasteiger partial charge in [0.1, 0.15) is 64.4 Å². The summed E-state index contributed by atoms with van der Waals surface area (Å²) in [4.78, 5) is 66.7. The summed E-state index contributed by atoms with van der Waals surface area (Å²) < 4.78 is 93.1. The maximum absolute atomic E-state index is 11.2. The highest BCUT2D eigenvalue weighted by Gasteiger charge is 2.38. The fraction of sp³-hybridized carbons (Fsp3) is 0.591. The van der Waals surface area contributed by atoms with E-state index in [9.17, 15) is 28.8 Å². The van der Waals surface area contributed by atoms with Crippen molar-refractivity contribution in [3.63, 3.8) is 0 Å². The van der Waals surface area contributed by atoms with Gasteiger partial charge in [-0.15, -0.1) is 0 Å². The van der Waals surface area contributed by atoms with Crippen molar-refractivity contribution in [3.8, 4) is 11.5 Å². The number of ether oxygens (including phenoxy) is 18. The molecule has 6 unspecified atom stereocenters. The van der Waals surface area contributed by atoms with Crippen LogP contribution in [0.15, 0.2) is 48.5 Å². The van der Waals surface area contributed by atoms with E-state index in [1.807, 2.05) is 48.5 Å². The molecule has 2 aromatic rings. The predicted octanol–water partition coefficient (Wildman–Crippen LogP) is 4.02. The van der Waals surface area contributed by atoms with Crippen molar-refractivity contribution in [2.75, 3.05) is 106 Å². The fourth-order valence-corrected chi connectivity index (χ4v) is 7.04. The Morgan fingerprint density at radius 2 is 0.618 bits per heavy atom. The molecular formula is C44H52O24. The van der Waals surface area contributed by atoms with Gasteiger partial charge in [-0.1, -0.05) is 38.1 Å². The van der Waals surface area contributed by atoms with Crippen molar-refractivity contribution in [2.45, 2.75) is 55.9 Å². The van der Waals surface area contributed by atoms with E-state index in [0.29, 0.717) is 11.5 Å². The first-order chi connectivity index (χ1) is 32.8. The maximum Gasteiger partial charge on any atom is 0.508 e. The average Bonchev–Trinajstić information content (AvgIpc) is 4.21. The lowest BCUT2D eigenvalue weighted by Gasteiger charge is -2.33. The molecule has 6 atom stereocenters. The lowest BCUT2D eigenvalue weighted by atomic mass is 9.78. The molecule has 6 saturated heterocycles. The largest absolute Gasteiger partial charge is 0.508 e. The average molecular weight is 965 g/mol. The Balaban J connectivity index is 0.000000204. The van der Waals surface area contributed by atoms with E-state index in [1.54, 1.807) is 0 Å². The Morgan fingerprint density at radius 3 is 0.838 bits per heavy atom. The molecule has 8 rings (SSSR count). The molecule has 0 radical (unpaired) electrons. The van der Waals surface area contributed by atoms with Gasteiger partial charge in [0, 0.05) is 5.41 Å². The van der Waals surface area contributed by atoms with E-state index in [1.165, 1.54) is 0 Å². The molecule has 0 aromatic heterocycles. The van der Waals surface area contributed by atoms with Gasteiger partial charge < -0.3 is 85.3 Å². The van der Waals surface area contributed by atoms with Gasteiger partial charge in [0.25, 0.3) is 0 Å². The van der Waals surface area contributed by atoms with Crippen LogP contribution in [0.3, 0.4) is 0 Å². The van der Waals surface area contributed by atoms with Crippen LogP contribution >= 0.6 is 0 Å². The zero-order valence-corrected chi connectivity index (χ0v) is 37.2. The molecule has 6 aliphatic rings. The van der Waals surface area contributed by atoms with Crippen LogP contribution < -0.4 is 9.47 Å². The van der Waals surface area contributed by atoms with Crippen LogP contribution in [0.1, 0.15) is 25.0 Å². The van der Waals surface area contributed by atoms with Crippen molar-refractivity contribution in [1.29, 1.82) is 0 Å². The van der Waals surface area contributed by atoms with Crippen molar-refractivity contribution in [2.24, 2.45) is 5.41 Å². The highest BCUT2D eigenvalue weighted by molar-refractivity contribution is 5.63. The summed E-state index contributed by atoms with van der Waals surface area (Å²) in [5.74, 6) is 1.39. The second-order valence-electron chi connectivity index (χ2n) is 16.7. The smallest absolute Gasteiger partial charge is 0.490 e. The highest BCUT2D eigenvalue weighted by atomic mass is 16.8. The van der Waals surface area contributed by atoms with Crippen LogP contribution in [0.5, 0.6) is 11.5 Å². The summed E-state index contributed by atoms with van der Waals surface area (Å²) in [7, 11) is 0. The van der Waals surface area contributed by atoms with Gasteiger partial charge in [0.2, 0.25) is 0 Å². The quantitative estimate of drug-likeness (QED) is 0.106. The normalized spacial score (nSPS) is 24.7. The third kappa shape index (κ3) is 14.7. The van der Waals surface area contributed by atoms with E-state index < -0.39 is 66.8 Å². The number of carbonyl (C=O) groups is 6. The monoisotopic (exact) mass is 964 g/mol. The molecule has 24 nitrogen and oxygen atoms in total. The first-order valence-electron chi connectivity index (χ1n) is 21.6. The minimum absolute atomic E-state index is 0.0317. The SMILES string of the molecule is CC(C)(c1ccc(OCC2COC(=O)O2)cc1)c1ccc(OCC2COC(=O)O2)cc1.O=C1OCC(COCC(COCC2COC(=O)O2)(COCC2COC(=O)O2)COCC2COC(=O)O2)O1. The molecular weight excluding hydrogens is 912 g/mol. The van der Waals surface area contributed by atoms with Gasteiger partial charge in [-0.3, -0.25) is 0 Å². The molecule has 6 heterocycles. The summed E-state index contributed by atoms with van der Waals surface area (Å²) >= 11 is 0. The number of cyclic esters (lactones) is 12. The lowest BCUT2D eigenvalue weighted by molar-refractivity contribution is -0.127. The van der Waals surface area contributed by atoms with Crippen LogP contribution in [-0.4, -0.2) is 179 Å². The molecule has 24 heteroatoms. The van der Waals surface area contributed by atoms with Crippen molar-refractivity contribution < 1.29 is 114 Å². The third-order valence-corrected chi connectivity index (χ3v) is 10.8. The van der Waals surface area contributed by atoms with Crippen molar-refractivity contribution >= 4 is 36.9 Å². The molecule has 0 amide bonds. The minimum atomic E-state index is -0.931. The number of hydrogen-bond acceptors (Lipinski definition) is 24. The van der Waals surface area contributed by atoms with Gasteiger partial charge in [-0.2, -0.15) is 0 Å². The molecule has 0 N–H and O–H groups in total. The predicted molar refractivity (Wildman–Crippen MR) is 219 cm³/mol. The summed E-state index contributed by atoms with van der Waals surface area (Å²) in [5.41, 5.74) is 1.08. The first-order valence-corrected chi connectivity index (χ1v) is 21.6. The Bertz CT molecular complexity index is 1810. The van der Waals surface area contributed by atoms with Crippen LogP contribution in [0.25, 0.3) is 0 Å². The Hall–Kier alpha value is -6.50. The summed E-state index contributed by atoms with van der Waals surface area (Å²) in [6.45, 7) is 5.75. The standard InChI is InChI=1S/C23H24O8.C21H28O16/c1-23(2,15-3-7-17(8-4-15)26-11-19-13-28-21(24)30-19)16-5-9-18(10-6-16)27-12-20-14-29-22(25)31-20;22-17-30-5-13(34-17)1-26-9-21(10-27-2-14-6-31-18(23)35-14,11-28-3-15-7-32-19(24)36-15)12-29-4-16-8-33-20(25)37-16/h3-10,19-20H,11-14H2,1-2H3;13-16H,1-12H2. The number of rotatable bonds is 24. The molecule has 0 spiro atoms. The van der Waals surface area contributed by atoms with Crippen LogP contribution in [0.4, 0.5) is 28.8 Å². The van der Waals surface area contributed by atoms with E-state index in [2.05, 4.69) is 13.8 Å². The molecule has 6 fully saturated rings. The Morgan fingerprint density at radius 1 is 0.382 bits per heavy atom. The summed E-state index contributed by atoms with van der Waals surface area (Å²) in [5, 5.41) is 0. The second-order valence-corrected chi connectivity index (χ2v) is 16.7. The Labute approximate surface area is 388 Å². The number of hydrogen-bond donors (Lipinski definition) is 0. The topological polar surface area (TPSA) is 269 Å². The fourth-order valence-electron chi connectivity index (χ4n) is 7.04. The molecule has 372 valence electrons. The second kappa shape index (κ2) is 23.5. The number of carbonyl (C=O) groups excluding carboxylic acids is 6. The van der Waals surface area contributed by atoms with Gasteiger partial charge in [-0.25, -0.2) is 28.8 Å². The van der Waals surface area contributed by atoms with Gasteiger partial charge in [-0.05, 0) is 35.4 Å². The van der Waals surface area contributed by atoms with Crippen LogP contribution in [-0.2, 0) is 81.2 Å².